The first kappa shape index (κ1) is 20.5. The summed E-state index contributed by atoms with van der Waals surface area (Å²) in [5.74, 6) is 2.17. The van der Waals surface area contributed by atoms with Crippen molar-refractivity contribution in [1.29, 1.82) is 0 Å². The smallest absolute Gasteiger partial charge is 0.275 e. The van der Waals surface area contributed by atoms with Crippen molar-refractivity contribution in [3.63, 3.8) is 0 Å². The maximum Gasteiger partial charge on any atom is 0.275 e. The first-order chi connectivity index (χ1) is 14.1. The lowest BCUT2D eigenvalue weighted by Crippen LogP contribution is -3.08. The topological polar surface area (TPSA) is 65.1 Å². The number of hydrogen-bond acceptors (Lipinski definition) is 4. The molecule has 0 radical (unpaired) electrons. The molecule has 0 saturated carbocycles. The number of hydrogen-bond donors (Lipinski definition) is 2. The highest BCUT2D eigenvalue weighted by Crippen LogP contribution is 2.28. The molecule has 2 aromatic carbocycles. The van der Waals surface area contributed by atoms with Gasteiger partial charge in [0.1, 0.15) is 13.2 Å². The van der Waals surface area contributed by atoms with Gasteiger partial charge in [-0.1, -0.05) is 36.4 Å². The van der Waals surface area contributed by atoms with Crippen molar-refractivity contribution in [2.45, 2.75) is 19.7 Å². The minimum Gasteiger partial charge on any atom is -0.493 e. The molecule has 0 aliphatic heterocycles. The number of ether oxygens (including phenoxy) is 2. The van der Waals surface area contributed by atoms with Gasteiger partial charge in [-0.05, 0) is 35.4 Å². The molecule has 1 heterocycles. The fraction of sp³-hybridized carbons (Fsp3) is 0.261. The van der Waals surface area contributed by atoms with Gasteiger partial charge in [-0.25, -0.2) is 0 Å². The Balaban J connectivity index is 1.49. The van der Waals surface area contributed by atoms with Gasteiger partial charge in [0, 0.05) is 6.54 Å². The Bertz CT molecular complexity index is 895. The molecule has 0 fully saturated rings. The number of furan rings is 1. The quantitative estimate of drug-likeness (QED) is 0.552. The lowest BCUT2D eigenvalue weighted by atomic mass is 10.2. The number of quaternary nitrogens is 1. The number of rotatable bonds is 10. The van der Waals surface area contributed by atoms with Gasteiger partial charge in [-0.2, -0.15) is 0 Å². The summed E-state index contributed by atoms with van der Waals surface area (Å²) < 4.78 is 16.6. The molecule has 0 aliphatic carbocycles. The summed E-state index contributed by atoms with van der Waals surface area (Å²) in [7, 11) is 3.57. The van der Waals surface area contributed by atoms with Gasteiger partial charge in [0.05, 0.1) is 20.4 Å². The van der Waals surface area contributed by atoms with E-state index in [4.69, 9.17) is 13.9 Å². The molecule has 6 heteroatoms. The van der Waals surface area contributed by atoms with Crippen LogP contribution in [0.3, 0.4) is 0 Å². The monoisotopic (exact) mass is 395 g/mol. The van der Waals surface area contributed by atoms with Crippen LogP contribution in [0.1, 0.15) is 16.9 Å². The second-order valence-corrected chi connectivity index (χ2v) is 6.93. The van der Waals surface area contributed by atoms with Gasteiger partial charge in [0.2, 0.25) is 0 Å². The molecule has 1 unspecified atom stereocenters. The molecule has 1 atom stereocenters. The van der Waals surface area contributed by atoms with Crippen LogP contribution in [-0.2, 0) is 24.5 Å². The van der Waals surface area contributed by atoms with Crippen LogP contribution in [0.2, 0.25) is 0 Å². The highest BCUT2D eigenvalue weighted by atomic mass is 16.5. The summed E-state index contributed by atoms with van der Waals surface area (Å²) >= 11 is 0. The highest BCUT2D eigenvalue weighted by molar-refractivity contribution is 5.76. The fourth-order valence-electron chi connectivity index (χ4n) is 2.99. The Morgan fingerprint density at radius 2 is 1.86 bits per heavy atom. The van der Waals surface area contributed by atoms with E-state index in [1.807, 2.05) is 67.7 Å². The average molecular weight is 395 g/mol. The third-order valence-corrected chi connectivity index (χ3v) is 4.47. The molecule has 0 spiro atoms. The third-order valence-electron chi connectivity index (χ3n) is 4.47. The summed E-state index contributed by atoms with van der Waals surface area (Å²) in [5, 5.41) is 2.95. The second kappa shape index (κ2) is 10.3. The maximum atomic E-state index is 12.2. The zero-order chi connectivity index (χ0) is 20.5. The van der Waals surface area contributed by atoms with Crippen molar-refractivity contribution in [2.75, 3.05) is 20.7 Å². The molecule has 0 bridgehead atoms. The molecule has 152 valence electrons. The zero-order valence-corrected chi connectivity index (χ0v) is 16.8. The first-order valence-corrected chi connectivity index (χ1v) is 9.58. The van der Waals surface area contributed by atoms with E-state index in [1.165, 1.54) is 0 Å². The first-order valence-electron chi connectivity index (χ1n) is 9.58. The number of methoxy groups -OCH3 is 1. The lowest BCUT2D eigenvalue weighted by Gasteiger charge is -2.14. The summed E-state index contributed by atoms with van der Waals surface area (Å²) in [6, 6.07) is 19.4. The minimum absolute atomic E-state index is 0.0163. The SMILES string of the molecule is COc1cc(CNC(=O)C[NH+](C)Cc2ccco2)ccc1OCc1ccccc1. The molecular formula is C23H27N2O4+. The maximum absolute atomic E-state index is 12.2. The standard InChI is InChI=1S/C23H26N2O4/c1-25(15-20-9-6-12-28-20)16-23(26)24-14-19-10-11-21(22(13-19)27-2)29-17-18-7-4-3-5-8-18/h3-13H,14-17H2,1-2H3,(H,24,26)/p+1. The molecule has 2 N–H and O–H groups in total. The van der Waals surface area contributed by atoms with Gasteiger partial charge in [0.15, 0.2) is 23.8 Å². The largest absolute Gasteiger partial charge is 0.493 e. The normalized spacial score (nSPS) is 11.7. The Morgan fingerprint density at radius 1 is 1.03 bits per heavy atom. The molecule has 1 amide bonds. The predicted octanol–water partition coefficient (Wildman–Crippen LogP) is 2.20. The molecular weight excluding hydrogens is 368 g/mol. The Morgan fingerprint density at radius 3 is 2.59 bits per heavy atom. The average Bonchev–Trinajstić information content (AvgIpc) is 3.24. The number of nitrogens with one attached hydrogen (secondary N) is 2. The summed E-state index contributed by atoms with van der Waals surface area (Å²) in [6.07, 6.45) is 1.64. The van der Waals surface area contributed by atoms with Gasteiger partial charge >= 0.3 is 0 Å². The van der Waals surface area contributed by atoms with E-state index in [0.29, 0.717) is 37.7 Å². The van der Waals surface area contributed by atoms with Gasteiger partial charge < -0.3 is 24.1 Å². The van der Waals surface area contributed by atoms with E-state index >= 15 is 0 Å². The van der Waals surface area contributed by atoms with Crippen LogP contribution in [0.4, 0.5) is 0 Å². The van der Waals surface area contributed by atoms with Crippen molar-refractivity contribution in [2.24, 2.45) is 0 Å². The Labute approximate surface area is 171 Å². The summed E-state index contributed by atoms with van der Waals surface area (Å²) in [5.41, 5.74) is 2.04. The zero-order valence-electron chi connectivity index (χ0n) is 16.8. The molecule has 0 aliphatic rings. The van der Waals surface area contributed by atoms with E-state index in [9.17, 15) is 4.79 Å². The van der Waals surface area contributed by atoms with Crippen LogP contribution in [0.25, 0.3) is 0 Å². The van der Waals surface area contributed by atoms with E-state index < -0.39 is 0 Å². The predicted molar refractivity (Wildman–Crippen MR) is 110 cm³/mol. The van der Waals surface area contributed by atoms with Crippen LogP contribution in [0.5, 0.6) is 11.5 Å². The van der Waals surface area contributed by atoms with Gasteiger partial charge in [-0.3, -0.25) is 4.79 Å². The number of amides is 1. The molecule has 1 aromatic heterocycles. The van der Waals surface area contributed by atoms with Crippen LogP contribution >= 0.6 is 0 Å². The molecule has 0 saturated heterocycles. The van der Waals surface area contributed by atoms with Crippen molar-refractivity contribution in [1.82, 2.24) is 5.32 Å². The minimum atomic E-state index is -0.0163. The summed E-state index contributed by atoms with van der Waals surface area (Å²) in [4.78, 5) is 13.3. The van der Waals surface area contributed by atoms with Crippen molar-refractivity contribution >= 4 is 5.91 Å². The van der Waals surface area contributed by atoms with Crippen LogP contribution in [0, 0.1) is 0 Å². The van der Waals surface area contributed by atoms with Crippen molar-refractivity contribution < 1.29 is 23.6 Å². The molecule has 29 heavy (non-hydrogen) atoms. The van der Waals surface area contributed by atoms with Gasteiger partial charge in [0.25, 0.3) is 5.91 Å². The lowest BCUT2D eigenvalue weighted by molar-refractivity contribution is -0.886. The number of likely N-dealkylation sites (N-methyl/N-ethyl adjacent to an activating group) is 1. The fourth-order valence-corrected chi connectivity index (χ4v) is 2.99. The van der Waals surface area contributed by atoms with Gasteiger partial charge in [-0.15, -0.1) is 0 Å². The van der Waals surface area contributed by atoms with Crippen molar-refractivity contribution in [3.8, 4) is 11.5 Å². The molecule has 3 aromatic rings. The summed E-state index contributed by atoms with van der Waals surface area (Å²) in [6.45, 7) is 1.94. The number of carbonyl (C=O) groups is 1. The third kappa shape index (κ3) is 6.40. The van der Waals surface area contributed by atoms with Crippen LogP contribution in [-0.4, -0.2) is 26.6 Å². The van der Waals surface area contributed by atoms with E-state index in [2.05, 4.69) is 5.32 Å². The van der Waals surface area contributed by atoms with E-state index in [-0.39, 0.29) is 5.91 Å². The van der Waals surface area contributed by atoms with E-state index in [0.717, 1.165) is 21.8 Å². The van der Waals surface area contributed by atoms with E-state index in [1.54, 1.807) is 13.4 Å². The molecule has 3 rings (SSSR count). The number of benzene rings is 2. The highest BCUT2D eigenvalue weighted by Gasteiger charge is 2.12. The Kier molecular flexibility index (Phi) is 7.30. The van der Waals surface area contributed by atoms with Crippen molar-refractivity contribution in [3.05, 3.63) is 83.8 Å². The number of carbonyl (C=O) groups excluding carboxylic acids is 1. The molecule has 6 nitrogen and oxygen atoms in total. The van der Waals surface area contributed by atoms with Crippen LogP contribution < -0.4 is 19.7 Å². The van der Waals surface area contributed by atoms with Crippen LogP contribution in [0.15, 0.2) is 71.3 Å². The Hall–Kier alpha value is -3.25. The second-order valence-electron chi connectivity index (χ2n) is 6.93.